The summed E-state index contributed by atoms with van der Waals surface area (Å²) in [6.45, 7) is 0.140. The van der Waals surface area contributed by atoms with Crippen LogP contribution in [0.1, 0.15) is 22.3 Å². The van der Waals surface area contributed by atoms with E-state index in [1.165, 1.54) is 4.90 Å². The summed E-state index contributed by atoms with van der Waals surface area (Å²) in [6.07, 6.45) is 2.13. The third-order valence-corrected chi connectivity index (χ3v) is 6.35. The van der Waals surface area contributed by atoms with E-state index in [0.717, 1.165) is 28.5 Å². The summed E-state index contributed by atoms with van der Waals surface area (Å²) in [6, 6.07) is 19.8. The lowest BCUT2D eigenvalue weighted by molar-refractivity contribution is -0.123. The molecule has 1 aliphatic rings. The summed E-state index contributed by atoms with van der Waals surface area (Å²) in [5, 5.41) is 11.1. The van der Waals surface area contributed by atoms with Crippen molar-refractivity contribution in [2.45, 2.75) is 13.0 Å². The average molecular weight is 470 g/mol. The van der Waals surface area contributed by atoms with Crippen LogP contribution in [0.4, 0.5) is 4.79 Å². The number of phenolic OH excluding ortho intramolecular Hbond substituents is 1. The molecule has 0 saturated carbocycles. The van der Waals surface area contributed by atoms with Crippen LogP contribution in [0.2, 0.25) is 10.0 Å². The zero-order chi connectivity index (χ0) is 22.0. The zero-order valence-electron chi connectivity index (χ0n) is 16.2. The Kier molecular flexibility index (Phi) is 6.37. The summed E-state index contributed by atoms with van der Waals surface area (Å²) in [5.41, 5.74) is 3.12. The van der Waals surface area contributed by atoms with Crippen molar-refractivity contribution in [3.05, 3.63) is 104 Å². The van der Waals surface area contributed by atoms with Crippen molar-refractivity contribution in [2.75, 3.05) is 0 Å². The first-order chi connectivity index (χ1) is 14.9. The summed E-state index contributed by atoms with van der Waals surface area (Å²) in [4.78, 5) is 26.7. The zero-order valence-corrected chi connectivity index (χ0v) is 18.5. The van der Waals surface area contributed by atoms with Crippen LogP contribution in [0, 0.1) is 0 Å². The molecule has 4 nitrogen and oxygen atoms in total. The number of carbonyl (C=O) groups excluding carboxylic acids is 2. The highest BCUT2D eigenvalue weighted by Gasteiger charge is 2.35. The molecule has 0 spiro atoms. The molecule has 3 aromatic carbocycles. The molecule has 2 amide bonds. The largest absolute Gasteiger partial charge is 0.507 e. The molecule has 31 heavy (non-hydrogen) atoms. The number of carbonyl (C=O) groups is 2. The lowest BCUT2D eigenvalue weighted by atomic mass is 10.0. The molecule has 1 heterocycles. The molecular weight excluding hydrogens is 453 g/mol. The van der Waals surface area contributed by atoms with Crippen LogP contribution in [0.5, 0.6) is 5.75 Å². The van der Waals surface area contributed by atoms with Gasteiger partial charge in [-0.15, -0.1) is 0 Å². The van der Waals surface area contributed by atoms with Gasteiger partial charge in [0.25, 0.3) is 11.1 Å². The lowest BCUT2D eigenvalue weighted by Gasteiger charge is -2.12. The Morgan fingerprint density at radius 2 is 1.74 bits per heavy atom. The predicted octanol–water partition coefficient (Wildman–Crippen LogP) is 6.53. The number of halogens is 2. The summed E-state index contributed by atoms with van der Waals surface area (Å²) < 4.78 is 0. The molecule has 1 fully saturated rings. The third-order valence-electron chi connectivity index (χ3n) is 4.83. The van der Waals surface area contributed by atoms with Crippen LogP contribution in [0.3, 0.4) is 0 Å². The maximum atomic E-state index is 12.8. The molecule has 1 N–H and O–H groups in total. The fourth-order valence-corrected chi connectivity index (χ4v) is 4.53. The number of benzene rings is 3. The number of amides is 2. The van der Waals surface area contributed by atoms with Gasteiger partial charge in [0.2, 0.25) is 0 Å². The number of nitrogens with zero attached hydrogens (tertiary/aromatic N) is 1. The maximum Gasteiger partial charge on any atom is 0.293 e. The SMILES string of the molecule is O=C1S/C(=C\c2cc(Cc3ccccc3Cl)ccc2O)C(=O)N1Cc1cccc(Cl)c1. The minimum Gasteiger partial charge on any atom is -0.507 e. The highest BCUT2D eigenvalue weighted by Crippen LogP contribution is 2.35. The Morgan fingerprint density at radius 1 is 0.935 bits per heavy atom. The molecule has 4 rings (SSSR count). The number of imide groups is 1. The fraction of sp³-hybridized carbons (Fsp3) is 0.0833. The van der Waals surface area contributed by atoms with Gasteiger partial charge in [-0.1, -0.05) is 59.6 Å². The Bertz CT molecular complexity index is 1210. The molecule has 1 aliphatic heterocycles. The van der Waals surface area contributed by atoms with Gasteiger partial charge in [-0.2, -0.15) is 0 Å². The van der Waals surface area contributed by atoms with Crippen LogP contribution >= 0.6 is 35.0 Å². The Hall–Kier alpha value is -2.73. The first-order valence-electron chi connectivity index (χ1n) is 9.46. The number of rotatable bonds is 5. The minimum absolute atomic E-state index is 0.0320. The standard InChI is InChI=1S/C24H17Cl2NO3S/c25-19-6-3-4-16(12-19)14-27-23(29)22(31-24(27)30)13-18-11-15(8-9-21(18)28)10-17-5-1-2-7-20(17)26/h1-9,11-13,28H,10,14H2/b22-13-. The maximum absolute atomic E-state index is 12.8. The number of aromatic hydroxyl groups is 1. The van der Waals surface area contributed by atoms with E-state index in [-0.39, 0.29) is 22.4 Å². The number of hydrogen-bond donors (Lipinski definition) is 1. The molecule has 0 aliphatic carbocycles. The van der Waals surface area contributed by atoms with E-state index in [1.54, 1.807) is 42.5 Å². The van der Waals surface area contributed by atoms with Gasteiger partial charge < -0.3 is 5.11 Å². The topological polar surface area (TPSA) is 57.6 Å². The van der Waals surface area contributed by atoms with E-state index in [1.807, 2.05) is 30.3 Å². The molecule has 7 heteroatoms. The Morgan fingerprint density at radius 3 is 2.52 bits per heavy atom. The number of hydrogen-bond acceptors (Lipinski definition) is 4. The van der Waals surface area contributed by atoms with Crippen molar-refractivity contribution in [1.29, 1.82) is 0 Å². The summed E-state index contributed by atoms with van der Waals surface area (Å²) in [5.74, 6) is -0.365. The number of thioether (sulfide) groups is 1. The lowest BCUT2D eigenvalue weighted by Crippen LogP contribution is -2.27. The second-order valence-electron chi connectivity index (χ2n) is 7.06. The molecule has 0 unspecified atom stereocenters. The molecule has 0 aromatic heterocycles. The van der Waals surface area contributed by atoms with Crippen molar-refractivity contribution in [3.8, 4) is 5.75 Å². The van der Waals surface area contributed by atoms with E-state index in [4.69, 9.17) is 23.2 Å². The first kappa shape index (κ1) is 21.5. The van der Waals surface area contributed by atoms with Gasteiger partial charge in [0.1, 0.15) is 5.75 Å². The van der Waals surface area contributed by atoms with Crippen molar-refractivity contribution < 1.29 is 14.7 Å². The van der Waals surface area contributed by atoms with Crippen molar-refractivity contribution in [2.24, 2.45) is 0 Å². The molecular formula is C24H17Cl2NO3S. The first-order valence-corrected chi connectivity index (χ1v) is 11.0. The quantitative estimate of drug-likeness (QED) is 0.431. The molecule has 0 radical (unpaired) electrons. The molecule has 0 atom stereocenters. The summed E-state index contributed by atoms with van der Waals surface area (Å²) >= 11 is 13.1. The van der Waals surface area contributed by atoms with Gasteiger partial charge in [0.15, 0.2) is 0 Å². The second-order valence-corrected chi connectivity index (χ2v) is 8.90. The Balaban J connectivity index is 1.57. The van der Waals surface area contributed by atoms with Gasteiger partial charge in [-0.3, -0.25) is 14.5 Å². The smallest absolute Gasteiger partial charge is 0.293 e. The fourth-order valence-electron chi connectivity index (χ4n) is 3.29. The van der Waals surface area contributed by atoms with E-state index >= 15 is 0 Å². The van der Waals surface area contributed by atoms with Crippen LogP contribution in [0.25, 0.3) is 6.08 Å². The molecule has 3 aromatic rings. The monoisotopic (exact) mass is 469 g/mol. The summed E-state index contributed by atoms with van der Waals surface area (Å²) in [7, 11) is 0. The predicted molar refractivity (Wildman–Crippen MR) is 125 cm³/mol. The van der Waals surface area contributed by atoms with Crippen LogP contribution in [-0.4, -0.2) is 21.2 Å². The normalized spacial score (nSPS) is 15.2. The van der Waals surface area contributed by atoms with Gasteiger partial charge in [-0.25, -0.2) is 0 Å². The van der Waals surface area contributed by atoms with E-state index < -0.39 is 5.91 Å². The van der Waals surface area contributed by atoms with Crippen molar-refractivity contribution in [1.82, 2.24) is 4.90 Å². The van der Waals surface area contributed by atoms with E-state index in [9.17, 15) is 14.7 Å². The average Bonchev–Trinajstić information content (AvgIpc) is 2.99. The van der Waals surface area contributed by atoms with Gasteiger partial charge in [0.05, 0.1) is 11.4 Å². The highest BCUT2D eigenvalue weighted by molar-refractivity contribution is 8.18. The van der Waals surface area contributed by atoms with Crippen molar-refractivity contribution in [3.63, 3.8) is 0 Å². The highest BCUT2D eigenvalue weighted by atomic mass is 35.5. The Labute approximate surface area is 194 Å². The van der Waals surface area contributed by atoms with Crippen LogP contribution < -0.4 is 0 Å². The number of phenols is 1. The van der Waals surface area contributed by atoms with Crippen LogP contribution in [-0.2, 0) is 17.8 Å². The third kappa shape index (κ3) is 4.96. The van der Waals surface area contributed by atoms with Crippen LogP contribution in [0.15, 0.2) is 71.6 Å². The molecule has 0 bridgehead atoms. The molecule has 1 saturated heterocycles. The van der Waals surface area contributed by atoms with Crippen molar-refractivity contribution >= 4 is 52.2 Å². The van der Waals surface area contributed by atoms with Gasteiger partial charge >= 0.3 is 0 Å². The molecule has 156 valence electrons. The second kappa shape index (κ2) is 9.18. The van der Waals surface area contributed by atoms with E-state index in [2.05, 4.69) is 0 Å². The van der Waals surface area contributed by atoms with E-state index in [0.29, 0.717) is 22.0 Å². The van der Waals surface area contributed by atoms with Gasteiger partial charge in [0, 0.05) is 15.6 Å². The minimum atomic E-state index is -0.397. The van der Waals surface area contributed by atoms with Gasteiger partial charge in [-0.05, 0) is 71.3 Å².